The molecule has 0 aliphatic heterocycles. The van der Waals surface area contributed by atoms with Crippen molar-refractivity contribution >= 4 is 15.9 Å². The number of halogens is 1. The van der Waals surface area contributed by atoms with E-state index in [1.54, 1.807) is 0 Å². The quantitative estimate of drug-likeness (QED) is 0.423. The van der Waals surface area contributed by atoms with Crippen LogP contribution in [0.2, 0.25) is 0 Å². The van der Waals surface area contributed by atoms with Gasteiger partial charge in [0.2, 0.25) is 5.89 Å². The third-order valence-electron chi connectivity index (χ3n) is 3.89. The molecule has 0 bridgehead atoms. The third kappa shape index (κ3) is 3.53. The Bertz CT molecular complexity index is 1020. The van der Waals surface area contributed by atoms with Gasteiger partial charge in [-0.05, 0) is 39.7 Å². The SMILES string of the molecule is Brc1ccccc1-c1nnc(COc2ccccc2-c2ccccc2)o1. The summed E-state index contributed by atoms with van der Waals surface area (Å²) in [6.45, 7) is 0.210. The number of rotatable bonds is 5. The van der Waals surface area contributed by atoms with Gasteiger partial charge in [0.1, 0.15) is 5.75 Å². The molecule has 0 unspecified atom stereocenters. The minimum atomic E-state index is 0.210. The van der Waals surface area contributed by atoms with Crippen LogP contribution in [-0.4, -0.2) is 10.2 Å². The fourth-order valence-corrected chi connectivity index (χ4v) is 3.10. The fourth-order valence-electron chi connectivity index (χ4n) is 2.64. The van der Waals surface area contributed by atoms with Gasteiger partial charge in [-0.2, -0.15) is 0 Å². The molecule has 0 spiro atoms. The molecule has 1 heterocycles. The van der Waals surface area contributed by atoms with Gasteiger partial charge in [-0.1, -0.05) is 60.7 Å². The highest BCUT2D eigenvalue weighted by atomic mass is 79.9. The normalized spacial score (nSPS) is 10.7. The summed E-state index contributed by atoms with van der Waals surface area (Å²) in [6.07, 6.45) is 0. The summed E-state index contributed by atoms with van der Waals surface area (Å²) in [5.41, 5.74) is 2.98. The maximum atomic E-state index is 5.95. The summed E-state index contributed by atoms with van der Waals surface area (Å²) in [6, 6.07) is 25.8. The Kier molecular flexibility index (Phi) is 4.80. The zero-order chi connectivity index (χ0) is 17.8. The number of aromatic nitrogens is 2. The number of benzene rings is 3. The first-order valence-corrected chi connectivity index (χ1v) is 8.95. The summed E-state index contributed by atoms with van der Waals surface area (Å²) >= 11 is 3.49. The molecule has 4 aromatic rings. The topological polar surface area (TPSA) is 48.2 Å². The summed E-state index contributed by atoms with van der Waals surface area (Å²) in [5.74, 6) is 1.67. The molecule has 0 radical (unpaired) electrons. The summed E-state index contributed by atoms with van der Waals surface area (Å²) in [4.78, 5) is 0. The van der Waals surface area contributed by atoms with Gasteiger partial charge in [0.25, 0.3) is 5.89 Å². The van der Waals surface area contributed by atoms with Crippen LogP contribution in [0.4, 0.5) is 0 Å². The Hall–Kier alpha value is -2.92. The van der Waals surface area contributed by atoms with Crippen LogP contribution in [0.3, 0.4) is 0 Å². The van der Waals surface area contributed by atoms with Crippen LogP contribution >= 0.6 is 15.9 Å². The molecule has 0 saturated heterocycles. The van der Waals surface area contributed by atoms with Gasteiger partial charge in [-0.15, -0.1) is 10.2 Å². The van der Waals surface area contributed by atoms with Crippen molar-refractivity contribution in [3.05, 3.63) is 89.2 Å². The Labute approximate surface area is 159 Å². The van der Waals surface area contributed by atoms with Gasteiger partial charge in [0.15, 0.2) is 6.61 Å². The average molecular weight is 407 g/mol. The highest BCUT2D eigenvalue weighted by Gasteiger charge is 2.12. The fraction of sp³-hybridized carbons (Fsp3) is 0.0476. The monoisotopic (exact) mass is 406 g/mol. The van der Waals surface area contributed by atoms with Gasteiger partial charge < -0.3 is 9.15 Å². The van der Waals surface area contributed by atoms with E-state index in [0.717, 1.165) is 26.9 Å². The lowest BCUT2D eigenvalue weighted by Crippen LogP contribution is -1.97. The lowest BCUT2D eigenvalue weighted by Gasteiger charge is -2.10. The van der Waals surface area contributed by atoms with Crippen molar-refractivity contribution in [2.24, 2.45) is 0 Å². The maximum Gasteiger partial charge on any atom is 0.254 e. The van der Waals surface area contributed by atoms with E-state index >= 15 is 0 Å². The van der Waals surface area contributed by atoms with Crippen molar-refractivity contribution in [1.29, 1.82) is 0 Å². The molecule has 26 heavy (non-hydrogen) atoms. The Morgan fingerprint density at radius 1 is 0.769 bits per heavy atom. The highest BCUT2D eigenvalue weighted by Crippen LogP contribution is 2.31. The van der Waals surface area contributed by atoms with E-state index in [9.17, 15) is 0 Å². The zero-order valence-corrected chi connectivity index (χ0v) is 15.4. The standard InChI is InChI=1S/C21H15BrN2O2/c22-18-12-6-4-11-17(18)21-24-23-20(26-21)14-25-19-13-7-5-10-16(19)15-8-2-1-3-9-15/h1-13H,14H2. The first kappa shape index (κ1) is 16.5. The van der Waals surface area contributed by atoms with Crippen molar-refractivity contribution in [3.8, 4) is 28.3 Å². The van der Waals surface area contributed by atoms with Crippen LogP contribution in [-0.2, 0) is 6.61 Å². The third-order valence-corrected chi connectivity index (χ3v) is 4.59. The number of para-hydroxylation sites is 1. The molecule has 128 valence electrons. The van der Waals surface area contributed by atoms with Crippen LogP contribution < -0.4 is 4.74 Å². The Morgan fingerprint density at radius 2 is 1.46 bits per heavy atom. The van der Waals surface area contributed by atoms with Crippen molar-refractivity contribution < 1.29 is 9.15 Å². The van der Waals surface area contributed by atoms with Crippen LogP contribution in [0.5, 0.6) is 5.75 Å². The molecule has 0 aliphatic rings. The van der Waals surface area contributed by atoms with E-state index in [0.29, 0.717) is 11.8 Å². The summed E-state index contributed by atoms with van der Waals surface area (Å²) in [7, 11) is 0. The van der Waals surface area contributed by atoms with E-state index in [1.165, 1.54) is 0 Å². The van der Waals surface area contributed by atoms with Gasteiger partial charge in [0.05, 0.1) is 5.56 Å². The first-order valence-electron chi connectivity index (χ1n) is 8.16. The molecule has 0 atom stereocenters. The lowest BCUT2D eigenvalue weighted by molar-refractivity contribution is 0.265. The molecule has 0 saturated carbocycles. The van der Waals surface area contributed by atoms with Crippen LogP contribution in [0.15, 0.2) is 87.8 Å². The smallest absolute Gasteiger partial charge is 0.254 e. The molecule has 0 N–H and O–H groups in total. The molecule has 4 nitrogen and oxygen atoms in total. The summed E-state index contributed by atoms with van der Waals surface area (Å²) < 4.78 is 12.6. The van der Waals surface area contributed by atoms with Gasteiger partial charge in [-0.3, -0.25) is 0 Å². The molecular weight excluding hydrogens is 392 g/mol. The predicted octanol–water partition coefficient (Wildman–Crippen LogP) is 5.75. The van der Waals surface area contributed by atoms with Crippen LogP contribution in [0.25, 0.3) is 22.6 Å². The molecule has 4 rings (SSSR count). The number of hydrogen-bond donors (Lipinski definition) is 0. The molecule has 3 aromatic carbocycles. The zero-order valence-electron chi connectivity index (χ0n) is 13.8. The Balaban J connectivity index is 1.53. The largest absolute Gasteiger partial charge is 0.483 e. The van der Waals surface area contributed by atoms with E-state index in [1.807, 2.05) is 66.7 Å². The minimum absolute atomic E-state index is 0.210. The van der Waals surface area contributed by atoms with Crippen LogP contribution in [0, 0.1) is 0 Å². The lowest BCUT2D eigenvalue weighted by atomic mass is 10.1. The van der Waals surface area contributed by atoms with Gasteiger partial charge in [-0.25, -0.2) is 0 Å². The van der Waals surface area contributed by atoms with Crippen molar-refractivity contribution in [1.82, 2.24) is 10.2 Å². The highest BCUT2D eigenvalue weighted by molar-refractivity contribution is 9.10. The van der Waals surface area contributed by atoms with E-state index in [2.05, 4.69) is 38.3 Å². The predicted molar refractivity (Wildman–Crippen MR) is 104 cm³/mol. The van der Waals surface area contributed by atoms with E-state index < -0.39 is 0 Å². The van der Waals surface area contributed by atoms with Gasteiger partial charge >= 0.3 is 0 Å². The second kappa shape index (κ2) is 7.54. The molecule has 5 heteroatoms. The average Bonchev–Trinajstić information content (AvgIpc) is 3.16. The molecule has 0 amide bonds. The van der Waals surface area contributed by atoms with Crippen molar-refractivity contribution in [3.63, 3.8) is 0 Å². The maximum absolute atomic E-state index is 5.95. The number of hydrogen-bond acceptors (Lipinski definition) is 4. The number of nitrogens with zero attached hydrogens (tertiary/aromatic N) is 2. The van der Waals surface area contributed by atoms with Gasteiger partial charge in [0, 0.05) is 10.0 Å². The molecular formula is C21H15BrN2O2. The van der Waals surface area contributed by atoms with Crippen LogP contribution in [0.1, 0.15) is 5.89 Å². The Morgan fingerprint density at radius 3 is 2.27 bits per heavy atom. The second-order valence-electron chi connectivity index (χ2n) is 5.63. The van der Waals surface area contributed by atoms with E-state index in [-0.39, 0.29) is 6.61 Å². The first-order chi connectivity index (χ1) is 12.8. The minimum Gasteiger partial charge on any atom is -0.483 e. The summed E-state index contributed by atoms with van der Waals surface area (Å²) in [5, 5.41) is 8.20. The molecule has 0 aliphatic carbocycles. The molecule has 1 aromatic heterocycles. The van der Waals surface area contributed by atoms with Crippen molar-refractivity contribution in [2.45, 2.75) is 6.61 Å². The van der Waals surface area contributed by atoms with E-state index in [4.69, 9.17) is 9.15 Å². The molecule has 0 fully saturated rings. The second-order valence-corrected chi connectivity index (χ2v) is 6.49. The van der Waals surface area contributed by atoms with Crippen molar-refractivity contribution in [2.75, 3.05) is 0 Å². The number of ether oxygens (including phenoxy) is 1.